The number of piperazine rings is 1. The molecule has 0 aromatic heterocycles. The second-order valence-corrected chi connectivity index (χ2v) is 5.82. The first-order valence-electron chi connectivity index (χ1n) is 6.44. The highest BCUT2D eigenvalue weighted by Crippen LogP contribution is 2.08. The molecule has 7 nitrogen and oxygen atoms in total. The van der Waals surface area contributed by atoms with Gasteiger partial charge in [-0.2, -0.15) is 0 Å². The fraction of sp³-hybridized carbons (Fsp3) is 0.750. The van der Waals surface area contributed by atoms with Gasteiger partial charge in [-0.25, -0.2) is 4.79 Å². The molecule has 1 atom stereocenters. The van der Waals surface area contributed by atoms with Crippen LogP contribution in [0.15, 0.2) is 0 Å². The zero-order chi connectivity index (χ0) is 15.1. The molecule has 1 aliphatic heterocycles. The van der Waals surface area contributed by atoms with E-state index in [1.165, 1.54) is 18.7 Å². The lowest BCUT2D eigenvalue weighted by molar-refractivity contribution is -0.140. The summed E-state index contributed by atoms with van der Waals surface area (Å²) in [6.45, 7) is 4.42. The van der Waals surface area contributed by atoms with Crippen molar-refractivity contribution in [2.24, 2.45) is 0 Å². The van der Waals surface area contributed by atoms with Crippen LogP contribution in [0.3, 0.4) is 0 Å². The first kappa shape index (κ1) is 16.8. The first-order valence-corrected chi connectivity index (χ1v) is 7.59. The quantitative estimate of drug-likeness (QED) is 0.660. The van der Waals surface area contributed by atoms with Gasteiger partial charge < -0.3 is 20.2 Å². The molecule has 114 valence electrons. The summed E-state index contributed by atoms with van der Waals surface area (Å²) in [5.74, 6) is -1.01. The number of carbonyl (C=O) groups is 3. The van der Waals surface area contributed by atoms with Gasteiger partial charge in [0.25, 0.3) is 0 Å². The zero-order valence-electron chi connectivity index (χ0n) is 11.8. The Morgan fingerprint density at radius 3 is 2.35 bits per heavy atom. The smallest absolute Gasteiger partial charge is 0.327 e. The maximum Gasteiger partial charge on any atom is 0.327 e. The van der Waals surface area contributed by atoms with E-state index < -0.39 is 12.0 Å². The number of carboxylic acids is 1. The molecule has 1 heterocycles. The van der Waals surface area contributed by atoms with Gasteiger partial charge in [0.15, 0.2) is 0 Å². The van der Waals surface area contributed by atoms with Gasteiger partial charge in [0, 0.05) is 38.9 Å². The average Bonchev–Trinajstić information content (AvgIpc) is 2.37. The average molecular weight is 303 g/mol. The van der Waals surface area contributed by atoms with Gasteiger partial charge in [-0.1, -0.05) is 0 Å². The van der Waals surface area contributed by atoms with Crippen molar-refractivity contribution >= 4 is 29.5 Å². The molecule has 1 aliphatic rings. The van der Waals surface area contributed by atoms with E-state index in [9.17, 15) is 14.4 Å². The number of nitrogens with one attached hydrogen (secondary N) is 1. The molecular formula is C12H21N3O4S. The predicted molar refractivity (Wildman–Crippen MR) is 76.6 cm³/mol. The van der Waals surface area contributed by atoms with Gasteiger partial charge in [-0.15, -0.1) is 11.8 Å². The Hall–Kier alpha value is -1.28. The summed E-state index contributed by atoms with van der Waals surface area (Å²) in [5.41, 5.74) is 0. The van der Waals surface area contributed by atoms with Gasteiger partial charge in [-0.05, 0) is 7.05 Å². The maximum absolute atomic E-state index is 11.9. The van der Waals surface area contributed by atoms with Gasteiger partial charge in [-0.3, -0.25) is 9.59 Å². The van der Waals surface area contributed by atoms with E-state index >= 15 is 0 Å². The number of hydrogen-bond acceptors (Lipinski definition) is 5. The Kier molecular flexibility index (Phi) is 6.80. The lowest BCUT2D eigenvalue weighted by atomic mass is 10.3. The summed E-state index contributed by atoms with van der Waals surface area (Å²) < 4.78 is 0. The van der Waals surface area contributed by atoms with Gasteiger partial charge in [0.2, 0.25) is 11.8 Å². The number of rotatable bonds is 6. The van der Waals surface area contributed by atoms with Crippen molar-refractivity contribution in [3.8, 4) is 0 Å². The fourth-order valence-electron chi connectivity index (χ4n) is 1.83. The van der Waals surface area contributed by atoms with Crippen molar-refractivity contribution in [2.45, 2.75) is 13.0 Å². The van der Waals surface area contributed by atoms with E-state index in [0.29, 0.717) is 13.1 Å². The topological polar surface area (TPSA) is 90.0 Å². The SMILES string of the molecule is CC(=O)N[C@@H](CSCC(=O)N1CCN(C)CC1)C(=O)O. The van der Waals surface area contributed by atoms with Crippen molar-refractivity contribution in [2.75, 3.05) is 44.7 Å². The highest BCUT2D eigenvalue weighted by molar-refractivity contribution is 8.00. The van der Waals surface area contributed by atoms with Crippen LogP contribution in [0.1, 0.15) is 6.92 Å². The number of nitrogens with zero attached hydrogens (tertiary/aromatic N) is 2. The van der Waals surface area contributed by atoms with Crippen LogP contribution in [-0.4, -0.2) is 83.5 Å². The maximum atomic E-state index is 11.9. The highest BCUT2D eigenvalue weighted by Gasteiger charge is 2.21. The van der Waals surface area contributed by atoms with Crippen LogP contribution < -0.4 is 5.32 Å². The molecule has 8 heteroatoms. The third kappa shape index (κ3) is 5.79. The van der Waals surface area contributed by atoms with Gasteiger partial charge in [0.05, 0.1) is 5.75 Å². The summed E-state index contributed by atoms with van der Waals surface area (Å²) in [5, 5.41) is 11.3. The Morgan fingerprint density at radius 2 is 1.85 bits per heavy atom. The van der Waals surface area contributed by atoms with Crippen LogP contribution in [-0.2, 0) is 14.4 Å². The standard InChI is InChI=1S/C12H21N3O4S/c1-9(16)13-10(12(18)19)7-20-8-11(17)15-5-3-14(2)4-6-15/h10H,3-8H2,1-2H3,(H,13,16)(H,18,19)/t10-/m0/s1. The monoisotopic (exact) mass is 303 g/mol. The molecular weight excluding hydrogens is 282 g/mol. The molecule has 2 amide bonds. The van der Waals surface area contributed by atoms with E-state index in [2.05, 4.69) is 10.2 Å². The second kappa shape index (κ2) is 8.11. The molecule has 0 spiro atoms. The number of thioether (sulfide) groups is 1. The molecule has 20 heavy (non-hydrogen) atoms. The van der Waals surface area contributed by atoms with E-state index in [4.69, 9.17) is 5.11 Å². The van der Waals surface area contributed by atoms with Crippen LogP contribution in [0.4, 0.5) is 0 Å². The van der Waals surface area contributed by atoms with Crippen LogP contribution in [0.25, 0.3) is 0 Å². The largest absolute Gasteiger partial charge is 0.480 e. The molecule has 0 aliphatic carbocycles. The lowest BCUT2D eigenvalue weighted by Crippen LogP contribution is -2.48. The molecule has 2 N–H and O–H groups in total. The minimum Gasteiger partial charge on any atom is -0.480 e. The van der Waals surface area contributed by atoms with Crippen LogP contribution in [0.2, 0.25) is 0 Å². The molecule has 0 saturated carbocycles. The van der Waals surface area contributed by atoms with Gasteiger partial charge in [0.1, 0.15) is 6.04 Å². The Bertz CT molecular complexity index is 370. The fourth-order valence-corrected chi connectivity index (χ4v) is 2.77. The van der Waals surface area contributed by atoms with E-state index in [1.54, 1.807) is 4.90 Å². The Balaban J connectivity index is 2.29. The highest BCUT2D eigenvalue weighted by atomic mass is 32.2. The van der Waals surface area contributed by atoms with Crippen LogP contribution in [0.5, 0.6) is 0 Å². The molecule has 0 unspecified atom stereocenters. The van der Waals surface area contributed by atoms with Crippen LogP contribution in [0, 0.1) is 0 Å². The number of likely N-dealkylation sites (N-methyl/N-ethyl adjacent to an activating group) is 1. The summed E-state index contributed by atoms with van der Waals surface area (Å²) in [4.78, 5) is 37.7. The molecule has 0 radical (unpaired) electrons. The van der Waals surface area contributed by atoms with E-state index in [0.717, 1.165) is 13.1 Å². The Morgan fingerprint density at radius 1 is 1.25 bits per heavy atom. The summed E-state index contributed by atoms with van der Waals surface area (Å²) in [6, 6.07) is -0.946. The molecule has 1 fully saturated rings. The van der Waals surface area contributed by atoms with E-state index in [1.807, 2.05) is 7.05 Å². The molecule has 1 rings (SSSR count). The van der Waals surface area contributed by atoms with Gasteiger partial charge >= 0.3 is 5.97 Å². The number of carbonyl (C=O) groups excluding carboxylic acids is 2. The molecule has 1 saturated heterocycles. The lowest BCUT2D eigenvalue weighted by Gasteiger charge is -2.32. The van der Waals surface area contributed by atoms with Crippen molar-refractivity contribution in [3.63, 3.8) is 0 Å². The molecule has 0 aromatic carbocycles. The van der Waals surface area contributed by atoms with E-state index in [-0.39, 0.29) is 23.3 Å². The number of aliphatic carboxylic acids is 1. The summed E-state index contributed by atoms with van der Waals surface area (Å²) >= 11 is 1.23. The van der Waals surface area contributed by atoms with Crippen LogP contribution >= 0.6 is 11.8 Å². The number of hydrogen-bond donors (Lipinski definition) is 2. The first-order chi connectivity index (χ1) is 9.40. The van der Waals surface area contributed by atoms with Crippen molar-refractivity contribution in [1.82, 2.24) is 15.1 Å². The zero-order valence-corrected chi connectivity index (χ0v) is 12.6. The summed E-state index contributed by atoms with van der Waals surface area (Å²) in [6.07, 6.45) is 0. The molecule has 0 aromatic rings. The number of carboxylic acid groups (broad SMARTS) is 1. The van der Waals surface area contributed by atoms with Crippen molar-refractivity contribution in [1.29, 1.82) is 0 Å². The predicted octanol–water partition coefficient (Wildman–Crippen LogP) is -0.917. The Labute approximate surface area is 122 Å². The third-order valence-electron chi connectivity index (χ3n) is 3.04. The second-order valence-electron chi connectivity index (χ2n) is 4.79. The van der Waals surface area contributed by atoms with Crippen molar-refractivity contribution in [3.05, 3.63) is 0 Å². The minimum atomic E-state index is -1.08. The summed E-state index contributed by atoms with van der Waals surface area (Å²) in [7, 11) is 2.02. The normalized spacial score (nSPS) is 17.6. The van der Waals surface area contributed by atoms with Crippen molar-refractivity contribution < 1.29 is 19.5 Å². The number of amides is 2. The minimum absolute atomic E-state index is 0.0232. The third-order valence-corrected chi connectivity index (χ3v) is 4.06. The molecule has 0 bridgehead atoms.